The minimum atomic E-state index is 0.0312. The zero-order chi connectivity index (χ0) is 21.6. The number of hydrogen-bond donors (Lipinski definition) is 0. The Bertz CT molecular complexity index is 1280. The van der Waals surface area contributed by atoms with E-state index in [0.29, 0.717) is 0 Å². The zero-order valence-electron chi connectivity index (χ0n) is 18.7. The summed E-state index contributed by atoms with van der Waals surface area (Å²) in [5.74, 6) is 0. The molecule has 1 aliphatic rings. The minimum absolute atomic E-state index is 0.0312. The van der Waals surface area contributed by atoms with E-state index < -0.39 is 0 Å². The Morgan fingerprint density at radius 1 is 0.516 bits per heavy atom. The van der Waals surface area contributed by atoms with Gasteiger partial charge in [0, 0.05) is 5.41 Å². The molecule has 0 N–H and O–H groups in total. The first kappa shape index (κ1) is 19.6. The number of benzene rings is 4. The van der Waals surface area contributed by atoms with Crippen LogP contribution in [0.3, 0.4) is 0 Å². The Balaban J connectivity index is 1.44. The fourth-order valence-corrected chi connectivity index (χ4v) is 4.69. The van der Waals surface area contributed by atoms with Gasteiger partial charge in [-0.2, -0.15) is 0 Å². The second-order valence-electron chi connectivity index (χ2n) is 9.30. The molecule has 152 valence electrons. The van der Waals surface area contributed by atoms with Gasteiger partial charge in [0.2, 0.25) is 0 Å². The minimum Gasteiger partial charge on any atom is -0.0587 e. The monoisotopic (exact) mass is 400 g/mol. The lowest BCUT2D eigenvalue weighted by Gasteiger charge is -2.22. The molecule has 0 fully saturated rings. The van der Waals surface area contributed by atoms with Crippen molar-refractivity contribution < 1.29 is 0 Å². The van der Waals surface area contributed by atoms with Crippen LogP contribution in [0.2, 0.25) is 0 Å². The Morgan fingerprint density at radius 3 is 1.65 bits per heavy atom. The average Bonchev–Trinajstić information content (AvgIpc) is 3.00. The van der Waals surface area contributed by atoms with Crippen LogP contribution in [0.5, 0.6) is 0 Å². The maximum Gasteiger partial charge on any atom is 0.0159 e. The molecule has 0 saturated carbocycles. The van der Waals surface area contributed by atoms with E-state index in [1.165, 1.54) is 55.6 Å². The summed E-state index contributed by atoms with van der Waals surface area (Å²) in [4.78, 5) is 0. The highest BCUT2D eigenvalue weighted by molar-refractivity contribution is 5.84. The molecule has 0 nitrogen and oxygen atoms in total. The molecular weight excluding hydrogens is 372 g/mol. The first-order chi connectivity index (χ1) is 14.9. The van der Waals surface area contributed by atoms with Crippen LogP contribution in [-0.4, -0.2) is 0 Å². The van der Waals surface area contributed by atoms with Gasteiger partial charge in [0.1, 0.15) is 0 Å². The molecule has 0 unspecified atom stereocenters. The van der Waals surface area contributed by atoms with Crippen molar-refractivity contribution in [2.24, 2.45) is 0 Å². The summed E-state index contributed by atoms with van der Waals surface area (Å²) in [5.41, 5.74) is 13.3. The van der Waals surface area contributed by atoms with Crippen LogP contribution in [0.4, 0.5) is 0 Å². The average molecular weight is 401 g/mol. The van der Waals surface area contributed by atoms with Crippen LogP contribution in [0.1, 0.15) is 47.2 Å². The summed E-state index contributed by atoms with van der Waals surface area (Å²) in [6, 6.07) is 31.3. The van der Waals surface area contributed by atoms with E-state index >= 15 is 0 Å². The summed E-state index contributed by atoms with van der Waals surface area (Å²) in [6.45, 7) is 8.99. The van der Waals surface area contributed by atoms with Gasteiger partial charge in [0.15, 0.2) is 0 Å². The van der Waals surface area contributed by atoms with Crippen molar-refractivity contribution in [1.29, 1.82) is 0 Å². The van der Waals surface area contributed by atoms with Crippen molar-refractivity contribution in [3.8, 4) is 22.3 Å². The van der Waals surface area contributed by atoms with Gasteiger partial charge in [0.05, 0.1) is 0 Å². The van der Waals surface area contributed by atoms with Gasteiger partial charge in [0.25, 0.3) is 0 Å². The van der Waals surface area contributed by atoms with Crippen LogP contribution in [-0.2, 0) is 5.41 Å². The van der Waals surface area contributed by atoms with E-state index in [2.05, 4.69) is 125 Å². The highest BCUT2D eigenvalue weighted by atomic mass is 14.4. The van der Waals surface area contributed by atoms with Gasteiger partial charge in [-0.15, -0.1) is 0 Å². The van der Waals surface area contributed by atoms with Crippen molar-refractivity contribution in [3.05, 3.63) is 118 Å². The smallest absolute Gasteiger partial charge is 0.0159 e. The molecule has 5 rings (SSSR count). The molecule has 0 heterocycles. The molecule has 31 heavy (non-hydrogen) atoms. The largest absolute Gasteiger partial charge is 0.0587 e. The van der Waals surface area contributed by atoms with E-state index in [1.54, 1.807) is 0 Å². The lowest BCUT2D eigenvalue weighted by atomic mass is 9.81. The van der Waals surface area contributed by atoms with Gasteiger partial charge >= 0.3 is 0 Å². The second kappa shape index (κ2) is 7.39. The first-order valence-electron chi connectivity index (χ1n) is 11.0. The fourth-order valence-electron chi connectivity index (χ4n) is 4.69. The molecule has 0 radical (unpaired) electrons. The molecular formula is C31H28. The Morgan fingerprint density at radius 2 is 1.00 bits per heavy atom. The molecule has 0 aliphatic heterocycles. The lowest BCUT2D eigenvalue weighted by molar-refractivity contribution is 0.660. The van der Waals surface area contributed by atoms with E-state index in [9.17, 15) is 0 Å². The third-order valence-corrected chi connectivity index (χ3v) is 6.62. The lowest BCUT2D eigenvalue weighted by Crippen LogP contribution is -2.15. The van der Waals surface area contributed by atoms with E-state index in [4.69, 9.17) is 0 Å². The van der Waals surface area contributed by atoms with Crippen LogP contribution < -0.4 is 0 Å². The molecule has 0 heteroatoms. The van der Waals surface area contributed by atoms with Crippen LogP contribution in [0.25, 0.3) is 34.4 Å². The predicted octanol–water partition coefficient (Wildman–Crippen LogP) is 8.45. The Hall–Kier alpha value is -3.38. The summed E-state index contributed by atoms with van der Waals surface area (Å²) in [5, 5.41) is 0. The van der Waals surface area contributed by atoms with Gasteiger partial charge in [-0.3, -0.25) is 0 Å². The van der Waals surface area contributed by atoms with Crippen molar-refractivity contribution >= 4 is 12.2 Å². The first-order valence-corrected chi connectivity index (χ1v) is 11.0. The molecule has 4 aromatic carbocycles. The number of aryl methyl sites for hydroxylation is 2. The van der Waals surface area contributed by atoms with Crippen LogP contribution in [0, 0.1) is 13.8 Å². The second-order valence-corrected chi connectivity index (χ2v) is 9.30. The fraction of sp³-hybridized carbons (Fsp3) is 0.161. The van der Waals surface area contributed by atoms with Crippen molar-refractivity contribution in [2.75, 3.05) is 0 Å². The molecule has 0 bridgehead atoms. The number of hydrogen-bond acceptors (Lipinski definition) is 0. The summed E-state index contributed by atoms with van der Waals surface area (Å²) in [6.07, 6.45) is 4.35. The molecule has 0 atom stereocenters. The zero-order valence-corrected chi connectivity index (χ0v) is 18.7. The quantitative estimate of drug-likeness (QED) is 0.303. The van der Waals surface area contributed by atoms with Gasteiger partial charge in [-0.25, -0.2) is 0 Å². The predicted molar refractivity (Wildman–Crippen MR) is 134 cm³/mol. The number of rotatable bonds is 3. The van der Waals surface area contributed by atoms with E-state index in [-0.39, 0.29) is 5.41 Å². The van der Waals surface area contributed by atoms with Crippen molar-refractivity contribution in [2.45, 2.75) is 33.1 Å². The SMILES string of the molecule is Cc1ccc(/C=C/c2ccc(-c3ccc4c(c3)C(C)(C)c3cc(C)ccc3-4)cc2)cc1. The standard InChI is InChI=1S/C31H28/c1-21-5-8-23(9-6-21)10-11-24-12-14-25(15-13-24)26-16-18-28-27-17-7-22(2)19-29(27)31(3,4)30(28)20-26/h5-20H,1-4H3/b11-10+. The maximum atomic E-state index is 2.39. The van der Waals surface area contributed by atoms with Gasteiger partial charge < -0.3 is 0 Å². The highest BCUT2D eigenvalue weighted by Gasteiger charge is 2.35. The molecule has 0 saturated heterocycles. The third-order valence-electron chi connectivity index (χ3n) is 6.62. The normalized spacial score (nSPS) is 13.9. The summed E-state index contributed by atoms with van der Waals surface area (Å²) >= 11 is 0. The summed E-state index contributed by atoms with van der Waals surface area (Å²) < 4.78 is 0. The molecule has 1 aliphatic carbocycles. The van der Waals surface area contributed by atoms with E-state index in [0.717, 1.165) is 0 Å². The Kier molecular flexibility index (Phi) is 4.67. The molecule has 0 aromatic heterocycles. The van der Waals surface area contributed by atoms with Gasteiger partial charge in [-0.1, -0.05) is 116 Å². The molecule has 0 amide bonds. The topological polar surface area (TPSA) is 0 Å². The van der Waals surface area contributed by atoms with Crippen LogP contribution in [0.15, 0.2) is 84.9 Å². The summed E-state index contributed by atoms with van der Waals surface area (Å²) in [7, 11) is 0. The van der Waals surface area contributed by atoms with Crippen molar-refractivity contribution in [1.82, 2.24) is 0 Å². The highest BCUT2D eigenvalue weighted by Crippen LogP contribution is 2.49. The van der Waals surface area contributed by atoms with Crippen LogP contribution >= 0.6 is 0 Å². The third kappa shape index (κ3) is 3.53. The maximum absolute atomic E-state index is 2.39. The van der Waals surface area contributed by atoms with Gasteiger partial charge in [-0.05, 0) is 64.4 Å². The molecule has 4 aromatic rings. The van der Waals surface area contributed by atoms with E-state index in [1.807, 2.05) is 0 Å². The number of fused-ring (bicyclic) bond motifs is 3. The van der Waals surface area contributed by atoms with Crippen molar-refractivity contribution in [3.63, 3.8) is 0 Å². The molecule has 0 spiro atoms. The Labute approximate surface area is 185 Å².